The van der Waals surface area contributed by atoms with Gasteiger partial charge in [-0.3, -0.25) is 0 Å². The van der Waals surface area contributed by atoms with Gasteiger partial charge in [-0.05, 0) is 24.7 Å². The predicted molar refractivity (Wildman–Crippen MR) is 61.5 cm³/mol. The Hall–Kier alpha value is -0.0400. The van der Waals surface area contributed by atoms with Crippen LogP contribution in [0.5, 0.6) is 0 Å². The first-order valence-electron chi connectivity index (χ1n) is 6.61. The van der Waals surface area contributed by atoms with E-state index in [0.717, 1.165) is 11.5 Å². The zero-order chi connectivity index (χ0) is 9.86. The molecule has 0 aromatic heterocycles. The van der Waals surface area contributed by atoms with Crippen molar-refractivity contribution in [3.8, 4) is 0 Å². The molecule has 1 saturated heterocycles. The predicted octanol–water partition coefficient (Wildman–Crippen LogP) is 3.49. The molecular formula is C13H25N. The van der Waals surface area contributed by atoms with Crippen LogP contribution >= 0.6 is 0 Å². The zero-order valence-corrected chi connectivity index (χ0v) is 9.65. The monoisotopic (exact) mass is 195 g/mol. The molecule has 1 N–H and O–H groups in total. The average molecular weight is 195 g/mol. The molecule has 2 fully saturated rings. The van der Waals surface area contributed by atoms with Crippen LogP contribution in [0.3, 0.4) is 0 Å². The first kappa shape index (κ1) is 10.5. The quantitative estimate of drug-likeness (QED) is 0.727. The molecule has 0 bridgehead atoms. The maximum atomic E-state index is 3.67. The normalized spacial score (nSPS) is 31.1. The highest BCUT2D eigenvalue weighted by atomic mass is 15.0. The molecule has 1 spiro atoms. The summed E-state index contributed by atoms with van der Waals surface area (Å²) < 4.78 is 0. The molecule has 1 atom stereocenters. The molecule has 1 saturated carbocycles. The lowest BCUT2D eigenvalue weighted by molar-refractivity contribution is 0.0551. The van der Waals surface area contributed by atoms with Crippen molar-refractivity contribution in [2.45, 2.75) is 70.8 Å². The Morgan fingerprint density at radius 2 is 1.86 bits per heavy atom. The van der Waals surface area contributed by atoms with Crippen LogP contribution in [0.15, 0.2) is 0 Å². The molecule has 1 unspecified atom stereocenters. The van der Waals surface area contributed by atoms with Gasteiger partial charge in [-0.15, -0.1) is 0 Å². The highest BCUT2D eigenvalue weighted by Crippen LogP contribution is 2.44. The van der Waals surface area contributed by atoms with E-state index in [-0.39, 0.29) is 0 Å². The second kappa shape index (κ2) is 4.65. The first-order chi connectivity index (χ1) is 6.87. The van der Waals surface area contributed by atoms with Crippen molar-refractivity contribution in [1.82, 2.24) is 5.32 Å². The molecule has 82 valence electrons. The third-order valence-electron chi connectivity index (χ3n) is 4.39. The second-order valence-electron chi connectivity index (χ2n) is 5.35. The summed E-state index contributed by atoms with van der Waals surface area (Å²) in [6.07, 6.45) is 13.2. The van der Waals surface area contributed by atoms with Gasteiger partial charge in [0.1, 0.15) is 0 Å². The second-order valence-corrected chi connectivity index (χ2v) is 5.35. The number of unbranched alkanes of at least 4 members (excludes halogenated alkanes) is 1. The Balaban J connectivity index is 1.86. The Labute approximate surface area is 88.7 Å². The fourth-order valence-electron chi connectivity index (χ4n) is 3.31. The Bertz CT molecular complexity index is 168. The van der Waals surface area contributed by atoms with Crippen LogP contribution in [0.2, 0.25) is 0 Å². The van der Waals surface area contributed by atoms with Crippen LogP contribution in [0.4, 0.5) is 0 Å². The van der Waals surface area contributed by atoms with E-state index in [0.29, 0.717) is 0 Å². The molecule has 1 aliphatic carbocycles. The van der Waals surface area contributed by atoms with E-state index in [1.165, 1.54) is 64.3 Å². The highest BCUT2D eigenvalue weighted by molar-refractivity contribution is 5.01. The van der Waals surface area contributed by atoms with Crippen molar-refractivity contribution >= 4 is 0 Å². The number of nitrogens with one attached hydrogen (secondary N) is 1. The summed E-state index contributed by atoms with van der Waals surface area (Å²) in [6, 6.07) is 0.876. The van der Waals surface area contributed by atoms with Gasteiger partial charge in [-0.25, -0.2) is 0 Å². The van der Waals surface area contributed by atoms with E-state index in [1.54, 1.807) is 0 Å². The summed E-state index contributed by atoms with van der Waals surface area (Å²) in [7, 11) is 0. The average Bonchev–Trinajstić information content (AvgIpc) is 2.43. The minimum Gasteiger partial charge on any atom is -0.313 e. The van der Waals surface area contributed by atoms with E-state index in [1.807, 2.05) is 0 Å². The Morgan fingerprint density at radius 1 is 1.14 bits per heavy atom. The highest BCUT2D eigenvalue weighted by Gasteiger charge is 2.45. The van der Waals surface area contributed by atoms with Gasteiger partial charge < -0.3 is 5.32 Å². The lowest BCUT2D eigenvalue weighted by Gasteiger charge is -2.51. The van der Waals surface area contributed by atoms with Gasteiger partial charge in [0, 0.05) is 12.6 Å². The van der Waals surface area contributed by atoms with Crippen molar-refractivity contribution in [1.29, 1.82) is 0 Å². The third kappa shape index (κ3) is 1.98. The lowest BCUT2D eigenvalue weighted by Crippen LogP contribution is -2.62. The van der Waals surface area contributed by atoms with Crippen LogP contribution in [0, 0.1) is 5.41 Å². The minimum atomic E-state index is 0.742. The minimum absolute atomic E-state index is 0.742. The molecule has 0 amide bonds. The van der Waals surface area contributed by atoms with Gasteiger partial charge in [-0.2, -0.15) is 0 Å². The van der Waals surface area contributed by atoms with Crippen molar-refractivity contribution in [3.63, 3.8) is 0 Å². The van der Waals surface area contributed by atoms with Crippen LogP contribution in [0.1, 0.15) is 64.7 Å². The van der Waals surface area contributed by atoms with E-state index in [9.17, 15) is 0 Å². The summed E-state index contributed by atoms with van der Waals surface area (Å²) in [5.74, 6) is 0. The molecule has 0 aromatic carbocycles. The van der Waals surface area contributed by atoms with Gasteiger partial charge in [0.25, 0.3) is 0 Å². The molecule has 14 heavy (non-hydrogen) atoms. The molecular weight excluding hydrogens is 170 g/mol. The van der Waals surface area contributed by atoms with Gasteiger partial charge in [-0.1, -0.05) is 45.4 Å². The Kier molecular flexibility index (Phi) is 3.48. The number of hydrogen-bond acceptors (Lipinski definition) is 1. The summed E-state index contributed by atoms with van der Waals surface area (Å²) in [4.78, 5) is 0. The number of hydrogen-bond donors (Lipinski definition) is 1. The van der Waals surface area contributed by atoms with Gasteiger partial charge in [0.2, 0.25) is 0 Å². The molecule has 0 radical (unpaired) electrons. The van der Waals surface area contributed by atoms with Gasteiger partial charge in [0.15, 0.2) is 0 Å². The molecule has 1 heteroatoms. The summed E-state index contributed by atoms with van der Waals surface area (Å²) in [5, 5.41) is 3.67. The summed E-state index contributed by atoms with van der Waals surface area (Å²) in [6.45, 7) is 3.62. The molecule has 2 rings (SSSR count). The molecule has 0 aromatic rings. The maximum Gasteiger partial charge on any atom is 0.0136 e. The van der Waals surface area contributed by atoms with Crippen molar-refractivity contribution in [2.75, 3.05) is 6.54 Å². The third-order valence-corrected chi connectivity index (χ3v) is 4.39. The fraction of sp³-hybridized carbons (Fsp3) is 1.00. The van der Waals surface area contributed by atoms with Gasteiger partial charge >= 0.3 is 0 Å². The van der Waals surface area contributed by atoms with E-state index in [2.05, 4.69) is 12.2 Å². The topological polar surface area (TPSA) is 12.0 Å². The van der Waals surface area contributed by atoms with Crippen molar-refractivity contribution < 1.29 is 0 Å². The molecule has 2 aliphatic rings. The van der Waals surface area contributed by atoms with E-state index < -0.39 is 0 Å². The summed E-state index contributed by atoms with van der Waals surface area (Å²) in [5.41, 5.74) is 0.742. The Morgan fingerprint density at radius 3 is 2.36 bits per heavy atom. The van der Waals surface area contributed by atoms with Crippen LogP contribution in [-0.4, -0.2) is 12.6 Å². The lowest BCUT2D eigenvalue weighted by atomic mass is 9.66. The van der Waals surface area contributed by atoms with Crippen molar-refractivity contribution in [2.24, 2.45) is 5.41 Å². The van der Waals surface area contributed by atoms with E-state index >= 15 is 0 Å². The van der Waals surface area contributed by atoms with Crippen LogP contribution in [-0.2, 0) is 0 Å². The zero-order valence-electron chi connectivity index (χ0n) is 9.65. The van der Waals surface area contributed by atoms with Crippen molar-refractivity contribution in [3.05, 3.63) is 0 Å². The smallest absolute Gasteiger partial charge is 0.0136 e. The van der Waals surface area contributed by atoms with Crippen LogP contribution in [0.25, 0.3) is 0 Å². The molecule has 1 nitrogen and oxygen atoms in total. The fourth-order valence-corrected chi connectivity index (χ4v) is 3.31. The van der Waals surface area contributed by atoms with Crippen LogP contribution < -0.4 is 5.32 Å². The molecule has 1 aliphatic heterocycles. The largest absolute Gasteiger partial charge is 0.313 e. The maximum absolute atomic E-state index is 3.67. The first-order valence-corrected chi connectivity index (χ1v) is 6.61. The van der Waals surface area contributed by atoms with E-state index in [4.69, 9.17) is 0 Å². The van der Waals surface area contributed by atoms with Gasteiger partial charge in [0.05, 0.1) is 0 Å². The summed E-state index contributed by atoms with van der Waals surface area (Å²) >= 11 is 0. The number of rotatable bonds is 3. The molecule has 1 heterocycles. The SMILES string of the molecule is CCCCC1NCC12CCCCCC2. The standard InChI is InChI=1S/C13H25N/c1-2-3-8-12-13(11-14-12)9-6-4-5-7-10-13/h12,14H,2-11H2,1H3.